The van der Waals surface area contributed by atoms with Gasteiger partial charge in [0, 0.05) is 11.6 Å². The van der Waals surface area contributed by atoms with E-state index in [4.69, 9.17) is 0 Å². The van der Waals surface area contributed by atoms with E-state index in [-0.39, 0.29) is 22.1 Å². The predicted molar refractivity (Wildman–Crippen MR) is 97.4 cm³/mol. The highest BCUT2D eigenvalue weighted by Crippen LogP contribution is 2.37. The summed E-state index contributed by atoms with van der Waals surface area (Å²) in [6.45, 7) is 6.23. The zero-order valence-electron chi connectivity index (χ0n) is 14.7. The fourth-order valence-corrected chi connectivity index (χ4v) is 3.08. The summed E-state index contributed by atoms with van der Waals surface area (Å²) in [6, 6.07) is 14.6. The van der Waals surface area contributed by atoms with Gasteiger partial charge in [-0.25, -0.2) is 8.78 Å². The van der Waals surface area contributed by atoms with Gasteiger partial charge in [-0.15, -0.1) is 0 Å². The van der Waals surface area contributed by atoms with Gasteiger partial charge in [0.1, 0.15) is 23.8 Å². The molecule has 0 atom stereocenters. The first-order valence-electron chi connectivity index (χ1n) is 8.12. The van der Waals surface area contributed by atoms with E-state index in [1.807, 2.05) is 30.3 Å². The van der Waals surface area contributed by atoms with Crippen molar-refractivity contribution in [3.8, 4) is 23.3 Å². The Morgan fingerprint density at radius 2 is 1.50 bits per heavy atom. The maximum atomic E-state index is 13.8. The summed E-state index contributed by atoms with van der Waals surface area (Å²) in [5.74, 6) is -1.46. The third-order valence-corrected chi connectivity index (χ3v) is 4.39. The number of hydrogen-bond acceptors (Lipinski definition) is 2. The van der Waals surface area contributed by atoms with Gasteiger partial charge in [-0.1, -0.05) is 39.0 Å². The Morgan fingerprint density at radius 3 is 2.04 bits per heavy atom. The van der Waals surface area contributed by atoms with E-state index in [1.54, 1.807) is 6.07 Å². The van der Waals surface area contributed by atoms with Crippen molar-refractivity contribution in [3.63, 3.8) is 0 Å². The Hall–Kier alpha value is -3.24. The number of hydrogen-bond donors (Lipinski definition) is 0. The van der Waals surface area contributed by atoms with Gasteiger partial charge >= 0.3 is 0 Å². The van der Waals surface area contributed by atoms with Crippen molar-refractivity contribution in [2.45, 2.75) is 26.2 Å². The lowest BCUT2D eigenvalue weighted by Crippen LogP contribution is -2.10. The Balaban J connectivity index is 2.46. The third kappa shape index (κ3) is 3.03. The number of nitrogens with zero attached hydrogens (tertiary/aromatic N) is 2. The van der Waals surface area contributed by atoms with Crippen LogP contribution in [0.4, 0.5) is 8.78 Å². The highest BCUT2D eigenvalue weighted by Gasteiger charge is 2.19. The van der Waals surface area contributed by atoms with Crippen molar-refractivity contribution in [2.75, 3.05) is 0 Å². The first-order valence-corrected chi connectivity index (χ1v) is 8.12. The van der Waals surface area contributed by atoms with Crippen LogP contribution >= 0.6 is 0 Å². The van der Waals surface area contributed by atoms with Crippen LogP contribution in [-0.4, -0.2) is 0 Å². The first kappa shape index (κ1) is 17.6. The minimum atomic E-state index is -0.731. The van der Waals surface area contributed by atoms with Crippen LogP contribution in [0.25, 0.3) is 21.9 Å². The number of halogens is 2. The largest absolute Gasteiger partial charge is 0.207 e. The molecule has 0 aliphatic rings. The van der Waals surface area contributed by atoms with E-state index in [1.165, 1.54) is 12.1 Å². The maximum absolute atomic E-state index is 13.8. The molecule has 0 unspecified atom stereocenters. The molecule has 0 N–H and O–H groups in total. The third-order valence-electron chi connectivity index (χ3n) is 4.39. The van der Waals surface area contributed by atoms with E-state index >= 15 is 0 Å². The molecule has 3 aromatic rings. The molecule has 4 heteroatoms. The number of nitriles is 2. The van der Waals surface area contributed by atoms with Gasteiger partial charge in [0.15, 0.2) is 0 Å². The number of benzene rings is 3. The molecule has 0 bridgehead atoms. The van der Waals surface area contributed by atoms with Crippen LogP contribution in [0.15, 0.2) is 42.5 Å². The van der Waals surface area contributed by atoms with E-state index in [0.717, 1.165) is 17.0 Å². The summed E-state index contributed by atoms with van der Waals surface area (Å²) in [6.07, 6.45) is 0. The molecule has 3 aromatic carbocycles. The summed E-state index contributed by atoms with van der Waals surface area (Å²) >= 11 is 0. The summed E-state index contributed by atoms with van der Waals surface area (Å²) < 4.78 is 27.5. The van der Waals surface area contributed by atoms with Crippen LogP contribution in [0.1, 0.15) is 37.5 Å². The molecule has 0 aliphatic heterocycles. The van der Waals surface area contributed by atoms with Gasteiger partial charge in [-0.3, -0.25) is 0 Å². The molecular weight excluding hydrogens is 330 g/mol. The molecule has 0 aliphatic carbocycles. The van der Waals surface area contributed by atoms with Gasteiger partial charge in [0.25, 0.3) is 0 Å². The second-order valence-corrected chi connectivity index (χ2v) is 7.24. The van der Waals surface area contributed by atoms with Crippen LogP contribution in [0.2, 0.25) is 0 Å². The fourth-order valence-electron chi connectivity index (χ4n) is 3.08. The van der Waals surface area contributed by atoms with Crippen LogP contribution < -0.4 is 0 Å². The number of fused-ring (bicyclic) bond motifs is 1. The van der Waals surface area contributed by atoms with Crippen LogP contribution in [-0.2, 0) is 5.41 Å². The molecule has 0 radical (unpaired) electrons. The normalized spacial score (nSPS) is 11.2. The standard InChI is InChI=1S/C22H16F2N2/c1-22(2,3)16-4-5-19-13(7-16)6-15(11-25)20(12-26)21(19)14-8-17(23)10-18(24)9-14/h4-10H,1-3H3. The summed E-state index contributed by atoms with van der Waals surface area (Å²) in [7, 11) is 0. The predicted octanol–water partition coefficient (Wildman–Crippen LogP) is 5.83. The lowest BCUT2D eigenvalue weighted by Gasteiger charge is -2.20. The van der Waals surface area contributed by atoms with Crippen molar-refractivity contribution in [3.05, 3.63) is 70.8 Å². The maximum Gasteiger partial charge on any atom is 0.126 e. The summed E-state index contributed by atoms with van der Waals surface area (Å²) in [5, 5.41) is 20.5. The van der Waals surface area contributed by atoms with Crippen LogP contribution in [0, 0.1) is 34.3 Å². The van der Waals surface area contributed by atoms with Crippen molar-refractivity contribution in [2.24, 2.45) is 0 Å². The molecule has 26 heavy (non-hydrogen) atoms. The average molecular weight is 346 g/mol. The summed E-state index contributed by atoms with van der Waals surface area (Å²) in [5.41, 5.74) is 1.89. The minimum Gasteiger partial charge on any atom is -0.207 e. The van der Waals surface area contributed by atoms with E-state index in [0.29, 0.717) is 10.9 Å². The molecule has 0 heterocycles. The van der Waals surface area contributed by atoms with Crippen molar-refractivity contribution in [1.82, 2.24) is 0 Å². The Morgan fingerprint density at radius 1 is 0.846 bits per heavy atom. The monoisotopic (exact) mass is 346 g/mol. The zero-order chi connectivity index (χ0) is 19.1. The van der Waals surface area contributed by atoms with E-state index < -0.39 is 11.6 Å². The van der Waals surface area contributed by atoms with Crippen molar-refractivity contribution in [1.29, 1.82) is 10.5 Å². The second kappa shape index (κ2) is 6.24. The van der Waals surface area contributed by atoms with Crippen LogP contribution in [0.3, 0.4) is 0 Å². The van der Waals surface area contributed by atoms with Gasteiger partial charge in [-0.05, 0) is 45.5 Å². The molecule has 0 amide bonds. The smallest absolute Gasteiger partial charge is 0.126 e. The molecule has 0 spiro atoms. The molecule has 3 rings (SSSR count). The minimum absolute atomic E-state index is 0.0972. The van der Waals surface area contributed by atoms with Gasteiger partial charge < -0.3 is 0 Å². The van der Waals surface area contributed by atoms with Crippen molar-refractivity contribution < 1.29 is 8.78 Å². The molecule has 0 saturated heterocycles. The molecule has 2 nitrogen and oxygen atoms in total. The lowest BCUT2D eigenvalue weighted by atomic mass is 9.83. The van der Waals surface area contributed by atoms with Gasteiger partial charge in [0.2, 0.25) is 0 Å². The topological polar surface area (TPSA) is 47.6 Å². The van der Waals surface area contributed by atoms with E-state index in [9.17, 15) is 19.3 Å². The summed E-state index contributed by atoms with van der Waals surface area (Å²) in [4.78, 5) is 0. The average Bonchev–Trinajstić information content (AvgIpc) is 2.57. The zero-order valence-corrected chi connectivity index (χ0v) is 14.7. The molecule has 0 aromatic heterocycles. The molecule has 0 fully saturated rings. The molecule has 128 valence electrons. The SMILES string of the molecule is CC(C)(C)c1ccc2c(-c3cc(F)cc(F)c3)c(C#N)c(C#N)cc2c1. The highest BCUT2D eigenvalue weighted by atomic mass is 19.1. The quantitative estimate of drug-likeness (QED) is 0.557. The van der Waals surface area contributed by atoms with Crippen LogP contribution in [0.5, 0.6) is 0 Å². The molecular formula is C22H16F2N2. The van der Waals surface area contributed by atoms with E-state index in [2.05, 4.69) is 20.8 Å². The lowest BCUT2D eigenvalue weighted by molar-refractivity contribution is 0.584. The first-order chi connectivity index (χ1) is 12.2. The Bertz CT molecular complexity index is 1090. The van der Waals surface area contributed by atoms with Gasteiger partial charge in [0.05, 0.1) is 11.1 Å². The van der Waals surface area contributed by atoms with Gasteiger partial charge in [-0.2, -0.15) is 10.5 Å². The Labute approximate surface area is 150 Å². The Kier molecular flexibility index (Phi) is 4.22. The second-order valence-electron chi connectivity index (χ2n) is 7.24. The number of rotatable bonds is 1. The fraction of sp³-hybridized carbons (Fsp3) is 0.182. The highest BCUT2D eigenvalue weighted by molar-refractivity contribution is 6.01. The van der Waals surface area contributed by atoms with Crippen molar-refractivity contribution >= 4 is 10.8 Å². The molecule has 0 saturated carbocycles.